The third kappa shape index (κ3) is 1.68. The minimum absolute atomic E-state index is 0.643. The summed E-state index contributed by atoms with van der Waals surface area (Å²) in [7, 11) is 0. The lowest BCUT2D eigenvalue weighted by Crippen LogP contribution is -2.51. The Morgan fingerprint density at radius 2 is 1.60 bits per heavy atom. The van der Waals surface area contributed by atoms with E-state index in [9.17, 15) is 10.2 Å². The predicted octanol–water partition coefficient (Wildman–Crippen LogP) is 2.20. The lowest BCUT2D eigenvalue weighted by Gasteiger charge is -2.45. The van der Waals surface area contributed by atoms with Gasteiger partial charge in [0.1, 0.15) is 5.60 Å². The van der Waals surface area contributed by atoms with Crippen molar-refractivity contribution in [3.63, 3.8) is 0 Å². The Morgan fingerprint density at radius 1 is 1.00 bits per heavy atom. The molecule has 2 rings (SSSR count). The minimum Gasteiger partial charge on any atom is -0.387 e. The summed E-state index contributed by atoms with van der Waals surface area (Å²) in [4.78, 5) is 0. The lowest BCUT2D eigenvalue weighted by atomic mass is 9.69. The molecule has 0 spiro atoms. The van der Waals surface area contributed by atoms with Gasteiger partial charge in [-0.05, 0) is 25.3 Å². The Morgan fingerprint density at radius 3 is 2.20 bits per heavy atom. The van der Waals surface area contributed by atoms with Gasteiger partial charge in [-0.2, -0.15) is 0 Å². The number of benzene rings is 1. The van der Waals surface area contributed by atoms with E-state index in [1.807, 2.05) is 30.3 Å². The minimum atomic E-state index is -1.08. The van der Waals surface area contributed by atoms with E-state index in [0.717, 1.165) is 18.4 Å². The first-order valence-electron chi connectivity index (χ1n) is 5.57. The van der Waals surface area contributed by atoms with Crippen LogP contribution >= 0.6 is 0 Å². The summed E-state index contributed by atoms with van der Waals surface area (Å²) < 4.78 is 0. The van der Waals surface area contributed by atoms with Gasteiger partial charge in [0.05, 0.1) is 5.60 Å². The van der Waals surface area contributed by atoms with Crippen LogP contribution in [0.25, 0.3) is 0 Å². The predicted molar refractivity (Wildman–Crippen MR) is 59.4 cm³/mol. The van der Waals surface area contributed by atoms with E-state index in [1.54, 1.807) is 6.92 Å². The highest BCUT2D eigenvalue weighted by molar-refractivity contribution is 5.26. The largest absolute Gasteiger partial charge is 0.387 e. The topological polar surface area (TPSA) is 40.5 Å². The first kappa shape index (κ1) is 10.7. The second-order valence-corrected chi connectivity index (χ2v) is 4.71. The molecule has 2 heteroatoms. The fourth-order valence-corrected chi connectivity index (χ4v) is 2.50. The maximum atomic E-state index is 10.6. The van der Waals surface area contributed by atoms with Gasteiger partial charge in [-0.25, -0.2) is 0 Å². The van der Waals surface area contributed by atoms with E-state index in [-0.39, 0.29) is 0 Å². The van der Waals surface area contributed by atoms with Gasteiger partial charge in [-0.15, -0.1) is 0 Å². The molecule has 1 aliphatic carbocycles. The third-order valence-corrected chi connectivity index (χ3v) is 3.59. The Kier molecular flexibility index (Phi) is 2.57. The highest BCUT2D eigenvalue weighted by Gasteiger charge is 2.48. The molecule has 0 amide bonds. The van der Waals surface area contributed by atoms with Crippen LogP contribution in [0.1, 0.15) is 38.2 Å². The molecule has 2 N–H and O–H groups in total. The van der Waals surface area contributed by atoms with E-state index in [0.29, 0.717) is 12.8 Å². The monoisotopic (exact) mass is 206 g/mol. The number of hydrogen-bond acceptors (Lipinski definition) is 2. The van der Waals surface area contributed by atoms with Crippen molar-refractivity contribution in [3.05, 3.63) is 35.9 Å². The molecule has 1 aromatic carbocycles. The number of aliphatic hydroxyl groups is 2. The molecular formula is C13H18O2. The average Bonchev–Trinajstić information content (AvgIpc) is 2.24. The molecule has 1 fully saturated rings. The number of rotatable bonds is 1. The summed E-state index contributed by atoms with van der Waals surface area (Å²) in [5.74, 6) is 0. The van der Waals surface area contributed by atoms with Crippen LogP contribution in [0.4, 0.5) is 0 Å². The smallest absolute Gasteiger partial charge is 0.118 e. The molecule has 0 bridgehead atoms. The van der Waals surface area contributed by atoms with Crippen LogP contribution in [-0.4, -0.2) is 15.8 Å². The molecular weight excluding hydrogens is 188 g/mol. The highest BCUT2D eigenvalue weighted by Crippen LogP contribution is 2.44. The van der Waals surface area contributed by atoms with Crippen molar-refractivity contribution in [3.8, 4) is 0 Å². The second kappa shape index (κ2) is 3.62. The van der Waals surface area contributed by atoms with Crippen molar-refractivity contribution in [2.24, 2.45) is 0 Å². The van der Waals surface area contributed by atoms with Gasteiger partial charge < -0.3 is 10.2 Å². The fourth-order valence-electron chi connectivity index (χ4n) is 2.50. The summed E-state index contributed by atoms with van der Waals surface area (Å²) in [5, 5.41) is 20.9. The van der Waals surface area contributed by atoms with Crippen LogP contribution < -0.4 is 0 Å². The molecule has 1 aromatic rings. The molecule has 82 valence electrons. The Hall–Kier alpha value is -0.860. The first-order chi connectivity index (χ1) is 7.06. The molecule has 0 radical (unpaired) electrons. The van der Waals surface area contributed by atoms with Crippen LogP contribution in [0.2, 0.25) is 0 Å². The van der Waals surface area contributed by atoms with Crippen LogP contribution in [0.5, 0.6) is 0 Å². The van der Waals surface area contributed by atoms with E-state index in [4.69, 9.17) is 0 Å². The average molecular weight is 206 g/mol. The summed E-state index contributed by atoms with van der Waals surface area (Å²) in [6, 6.07) is 9.50. The number of hydrogen-bond donors (Lipinski definition) is 2. The maximum Gasteiger partial charge on any atom is 0.118 e. The molecule has 0 aromatic heterocycles. The van der Waals surface area contributed by atoms with E-state index < -0.39 is 11.2 Å². The van der Waals surface area contributed by atoms with Gasteiger partial charge in [-0.1, -0.05) is 43.2 Å². The Labute approximate surface area is 90.6 Å². The van der Waals surface area contributed by atoms with Crippen molar-refractivity contribution in [1.29, 1.82) is 0 Å². The van der Waals surface area contributed by atoms with Gasteiger partial charge in [0.2, 0.25) is 0 Å². The lowest BCUT2D eigenvalue weighted by molar-refractivity contribution is -0.171. The van der Waals surface area contributed by atoms with Gasteiger partial charge in [-0.3, -0.25) is 0 Å². The first-order valence-corrected chi connectivity index (χ1v) is 5.57. The molecule has 0 aliphatic heterocycles. The van der Waals surface area contributed by atoms with Crippen molar-refractivity contribution in [2.45, 2.75) is 43.8 Å². The summed E-state index contributed by atoms with van der Waals surface area (Å²) >= 11 is 0. The molecule has 1 saturated carbocycles. The Balaban J connectivity index is 2.40. The highest BCUT2D eigenvalue weighted by atomic mass is 16.4. The summed E-state index contributed by atoms with van der Waals surface area (Å²) in [6.45, 7) is 1.74. The Bertz CT molecular complexity index is 332. The molecule has 0 heterocycles. The van der Waals surface area contributed by atoms with Crippen molar-refractivity contribution in [1.82, 2.24) is 0 Å². The molecule has 0 saturated heterocycles. The summed E-state index contributed by atoms with van der Waals surface area (Å²) in [5.41, 5.74) is -1.26. The zero-order chi connectivity index (χ0) is 10.9. The van der Waals surface area contributed by atoms with Crippen LogP contribution in [-0.2, 0) is 5.60 Å². The third-order valence-electron chi connectivity index (χ3n) is 3.59. The van der Waals surface area contributed by atoms with Crippen LogP contribution in [0.15, 0.2) is 30.3 Å². The van der Waals surface area contributed by atoms with Crippen molar-refractivity contribution in [2.75, 3.05) is 0 Å². The van der Waals surface area contributed by atoms with Crippen molar-refractivity contribution >= 4 is 0 Å². The summed E-state index contributed by atoms with van der Waals surface area (Å²) in [6.07, 6.45) is 3.27. The second-order valence-electron chi connectivity index (χ2n) is 4.71. The van der Waals surface area contributed by atoms with Crippen molar-refractivity contribution < 1.29 is 10.2 Å². The SMILES string of the molecule is C[C@]1(O)CCCC[C@@]1(O)c1ccccc1. The van der Waals surface area contributed by atoms with E-state index in [2.05, 4.69) is 0 Å². The quantitative estimate of drug-likeness (QED) is 0.739. The normalized spacial score (nSPS) is 36.5. The van der Waals surface area contributed by atoms with Gasteiger partial charge in [0.25, 0.3) is 0 Å². The van der Waals surface area contributed by atoms with Gasteiger partial charge >= 0.3 is 0 Å². The zero-order valence-electron chi connectivity index (χ0n) is 9.11. The van der Waals surface area contributed by atoms with E-state index in [1.165, 1.54) is 0 Å². The molecule has 15 heavy (non-hydrogen) atoms. The van der Waals surface area contributed by atoms with Crippen LogP contribution in [0.3, 0.4) is 0 Å². The van der Waals surface area contributed by atoms with Crippen LogP contribution in [0, 0.1) is 0 Å². The molecule has 1 aliphatic rings. The van der Waals surface area contributed by atoms with Gasteiger partial charge in [0, 0.05) is 0 Å². The fraction of sp³-hybridized carbons (Fsp3) is 0.538. The maximum absolute atomic E-state index is 10.6. The standard InChI is InChI=1S/C13H18O2/c1-12(14)9-5-6-10-13(12,15)11-7-3-2-4-8-11/h2-4,7-8,14-15H,5-6,9-10H2,1H3/t12-,13+/m0/s1. The molecule has 2 atom stereocenters. The van der Waals surface area contributed by atoms with Gasteiger partial charge in [0.15, 0.2) is 0 Å². The molecule has 2 nitrogen and oxygen atoms in total. The zero-order valence-corrected chi connectivity index (χ0v) is 9.11. The molecule has 0 unspecified atom stereocenters. The van der Waals surface area contributed by atoms with E-state index >= 15 is 0 Å².